The second-order valence-electron chi connectivity index (χ2n) is 6.54. The maximum absolute atomic E-state index is 12.3. The summed E-state index contributed by atoms with van der Waals surface area (Å²) in [5.41, 5.74) is 3.32. The molecule has 0 aliphatic heterocycles. The first-order valence-electron chi connectivity index (χ1n) is 9.19. The highest BCUT2D eigenvalue weighted by Crippen LogP contribution is 2.27. The number of aromatic nitrogens is 3. The highest BCUT2D eigenvalue weighted by Gasteiger charge is 2.14. The molecule has 0 saturated carbocycles. The highest BCUT2D eigenvalue weighted by molar-refractivity contribution is 6.36. The van der Waals surface area contributed by atoms with E-state index >= 15 is 0 Å². The quantitative estimate of drug-likeness (QED) is 0.485. The van der Waals surface area contributed by atoms with Crippen molar-refractivity contribution in [3.05, 3.63) is 94.0 Å². The molecule has 0 bridgehead atoms. The van der Waals surface area contributed by atoms with E-state index in [1.165, 1.54) is 0 Å². The molecule has 29 heavy (non-hydrogen) atoms. The molecule has 0 fully saturated rings. The summed E-state index contributed by atoms with van der Waals surface area (Å²) in [5, 5.41) is 4.17. The Bertz CT molecular complexity index is 1140. The first kappa shape index (κ1) is 19.4. The number of fused-ring (bicyclic) bond motifs is 1. The molecule has 1 N–H and O–H groups in total. The van der Waals surface area contributed by atoms with Crippen LogP contribution in [0.25, 0.3) is 11.0 Å². The van der Waals surface area contributed by atoms with Crippen LogP contribution >= 0.6 is 23.2 Å². The van der Waals surface area contributed by atoms with E-state index in [-0.39, 0.29) is 5.91 Å². The van der Waals surface area contributed by atoms with Crippen LogP contribution in [0, 0.1) is 0 Å². The number of amides is 1. The van der Waals surface area contributed by atoms with Gasteiger partial charge in [-0.3, -0.25) is 9.78 Å². The molecule has 7 heteroatoms. The number of nitrogens with one attached hydrogen (secondary N) is 1. The van der Waals surface area contributed by atoms with Gasteiger partial charge in [-0.15, -0.1) is 0 Å². The van der Waals surface area contributed by atoms with E-state index in [0.29, 0.717) is 35.1 Å². The Labute approximate surface area is 178 Å². The minimum atomic E-state index is -0.135. The number of imidazole rings is 1. The molecule has 146 valence electrons. The van der Waals surface area contributed by atoms with Gasteiger partial charge in [0.15, 0.2) is 0 Å². The molecule has 0 spiro atoms. The molecule has 0 aliphatic rings. The summed E-state index contributed by atoms with van der Waals surface area (Å²) >= 11 is 12.8. The van der Waals surface area contributed by atoms with Crippen LogP contribution in [0.1, 0.15) is 21.7 Å². The van der Waals surface area contributed by atoms with Crippen LogP contribution in [-0.2, 0) is 13.0 Å². The fraction of sp³-hybridized carbons (Fsp3) is 0.136. The maximum Gasteiger partial charge on any atom is 0.251 e. The molecule has 0 unspecified atom stereocenters. The van der Waals surface area contributed by atoms with Gasteiger partial charge in [0.25, 0.3) is 5.91 Å². The Balaban J connectivity index is 1.58. The number of carbonyl (C=O) groups is 1. The zero-order chi connectivity index (χ0) is 20.2. The fourth-order valence-electron chi connectivity index (χ4n) is 3.23. The van der Waals surface area contributed by atoms with Gasteiger partial charge in [-0.05, 0) is 36.4 Å². The highest BCUT2D eigenvalue weighted by atomic mass is 35.5. The summed E-state index contributed by atoms with van der Waals surface area (Å²) in [6.07, 6.45) is 3.77. The normalized spacial score (nSPS) is 11.0. The minimum Gasteiger partial charge on any atom is -0.352 e. The molecule has 0 radical (unpaired) electrons. The van der Waals surface area contributed by atoms with E-state index in [0.717, 1.165) is 22.4 Å². The molecule has 1 amide bonds. The Hall–Kier alpha value is -2.89. The predicted octanol–water partition coefficient (Wildman–Crippen LogP) is 4.76. The second-order valence-corrected chi connectivity index (χ2v) is 7.36. The van der Waals surface area contributed by atoms with Crippen LogP contribution in [-0.4, -0.2) is 27.0 Å². The zero-order valence-corrected chi connectivity index (χ0v) is 17.0. The summed E-state index contributed by atoms with van der Waals surface area (Å²) in [6.45, 7) is 0.966. The minimum absolute atomic E-state index is 0.135. The molecule has 0 aliphatic carbocycles. The molecule has 0 saturated heterocycles. The number of para-hydroxylation sites is 2. The topological polar surface area (TPSA) is 59.8 Å². The van der Waals surface area contributed by atoms with Crippen LogP contribution in [0.3, 0.4) is 0 Å². The van der Waals surface area contributed by atoms with Crippen LogP contribution in [0.4, 0.5) is 0 Å². The summed E-state index contributed by atoms with van der Waals surface area (Å²) in [5.74, 6) is 0.724. The molecule has 4 rings (SSSR count). The fourth-order valence-corrected chi connectivity index (χ4v) is 3.74. The number of hydrogen-bond acceptors (Lipinski definition) is 3. The van der Waals surface area contributed by atoms with E-state index in [1.54, 1.807) is 24.5 Å². The molecular weight excluding hydrogens is 407 g/mol. The van der Waals surface area contributed by atoms with Gasteiger partial charge in [0, 0.05) is 46.5 Å². The van der Waals surface area contributed by atoms with Crippen molar-refractivity contribution < 1.29 is 4.79 Å². The van der Waals surface area contributed by atoms with E-state index < -0.39 is 0 Å². The van der Waals surface area contributed by atoms with E-state index in [4.69, 9.17) is 28.2 Å². The first-order chi connectivity index (χ1) is 14.1. The Morgan fingerprint density at radius 3 is 2.45 bits per heavy atom. The van der Waals surface area contributed by atoms with Crippen molar-refractivity contribution in [3.63, 3.8) is 0 Å². The van der Waals surface area contributed by atoms with Crippen molar-refractivity contribution >= 4 is 40.1 Å². The van der Waals surface area contributed by atoms with Crippen LogP contribution < -0.4 is 5.32 Å². The van der Waals surface area contributed by atoms with E-state index in [1.807, 2.05) is 42.5 Å². The van der Waals surface area contributed by atoms with Crippen LogP contribution in [0.5, 0.6) is 0 Å². The summed E-state index contributed by atoms with van der Waals surface area (Å²) < 4.78 is 2.10. The van der Waals surface area contributed by atoms with Crippen molar-refractivity contribution in [2.24, 2.45) is 0 Å². The van der Waals surface area contributed by atoms with Gasteiger partial charge in [-0.25, -0.2) is 4.98 Å². The molecule has 4 aromatic rings. The van der Waals surface area contributed by atoms with Crippen molar-refractivity contribution in [2.45, 2.75) is 13.0 Å². The number of carbonyl (C=O) groups excluding carboxylic acids is 1. The largest absolute Gasteiger partial charge is 0.352 e. The SMILES string of the molecule is O=C(NCCc1nc2ccccc2n1Cc1c(Cl)cccc1Cl)c1ccncc1. The molecule has 2 heterocycles. The van der Waals surface area contributed by atoms with Crippen molar-refractivity contribution in [2.75, 3.05) is 6.54 Å². The number of rotatable bonds is 6. The van der Waals surface area contributed by atoms with Crippen molar-refractivity contribution in [1.82, 2.24) is 19.9 Å². The van der Waals surface area contributed by atoms with Crippen LogP contribution in [0.2, 0.25) is 10.0 Å². The Kier molecular flexibility index (Phi) is 5.79. The summed E-state index contributed by atoms with van der Waals surface area (Å²) in [7, 11) is 0. The van der Waals surface area contributed by atoms with Gasteiger partial charge in [0.1, 0.15) is 5.82 Å². The third-order valence-corrected chi connectivity index (χ3v) is 5.40. The number of hydrogen-bond donors (Lipinski definition) is 1. The molecule has 0 atom stereocenters. The Morgan fingerprint density at radius 2 is 1.69 bits per heavy atom. The molecule has 2 aromatic carbocycles. The van der Waals surface area contributed by atoms with Gasteiger partial charge in [0.05, 0.1) is 17.6 Å². The van der Waals surface area contributed by atoms with Gasteiger partial charge < -0.3 is 9.88 Å². The Morgan fingerprint density at radius 1 is 0.966 bits per heavy atom. The molecule has 2 aromatic heterocycles. The number of halogens is 2. The first-order valence-corrected chi connectivity index (χ1v) is 9.94. The van der Waals surface area contributed by atoms with Gasteiger partial charge in [-0.2, -0.15) is 0 Å². The van der Waals surface area contributed by atoms with Gasteiger partial charge >= 0.3 is 0 Å². The third-order valence-electron chi connectivity index (χ3n) is 4.69. The maximum atomic E-state index is 12.3. The van der Waals surface area contributed by atoms with Crippen molar-refractivity contribution in [1.29, 1.82) is 0 Å². The lowest BCUT2D eigenvalue weighted by Crippen LogP contribution is -2.26. The summed E-state index contributed by atoms with van der Waals surface area (Å²) in [4.78, 5) is 21.0. The van der Waals surface area contributed by atoms with Crippen molar-refractivity contribution in [3.8, 4) is 0 Å². The van der Waals surface area contributed by atoms with Gasteiger partial charge in [0.2, 0.25) is 0 Å². The number of pyridine rings is 1. The molecule has 5 nitrogen and oxygen atoms in total. The van der Waals surface area contributed by atoms with E-state index in [9.17, 15) is 4.79 Å². The van der Waals surface area contributed by atoms with Gasteiger partial charge in [-0.1, -0.05) is 41.4 Å². The molecular formula is C22H18Cl2N4O. The average Bonchev–Trinajstić information content (AvgIpc) is 3.08. The smallest absolute Gasteiger partial charge is 0.251 e. The number of benzene rings is 2. The lowest BCUT2D eigenvalue weighted by molar-refractivity contribution is 0.0954. The third kappa shape index (κ3) is 4.26. The second kappa shape index (κ2) is 8.64. The summed E-state index contributed by atoms with van der Waals surface area (Å²) in [6, 6.07) is 16.8. The lowest BCUT2D eigenvalue weighted by atomic mass is 10.2. The number of nitrogens with zero attached hydrogens (tertiary/aromatic N) is 3. The standard InChI is InChI=1S/C22H18Cl2N4O/c23-17-4-3-5-18(24)16(17)14-28-20-7-2-1-6-19(20)27-21(28)10-13-26-22(29)15-8-11-25-12-9-15/h1-9,11-12H,10,13-14H2,(H,26,29). The van der Waals surface area contributed by atoms with Crippen LogP contribution in [0.15, 0.2) is 67.0 Å². The van der Waals surface area contributed by atoms with E-state index in [2.05, 4.69) is 14.9 Å². The predicted molar refractivity (Wildman–Crippen MR) is 116 cm³/mol. The zero-order valence-electron chi connectivity index (χ0n) is 15.5. The monoisotopic (exact) mass is 424 g/mol. The lowest BCUT2D eigenvalue weighted by Gasteiger charge is -2.12. The average molecular weight is 425 g/mol.